The molecule has 0 bridgehead atoms. The highest BCUT2D eigenvalue weighted by atomic mass is 16.5. The molecule has 1 fully saturated rings. The first-order chi connectivity index (χ1) is 11.5. The molecule has 6 heteroatoms. The molecule has 6 nitrogen and oxygen atoms in total. The monoisotopic (exact) mass is 336 g/mol. The maximum absolute atomic E-state index is 11.3. The number of ether oxygens (including phenoxy) is 3. The van der Waals surface area contributed by atoms with Crippen LogP contribution in [-0.2, 0) is 9.53 Å². The van der Waals surface area contributed by atoms with Gasteiger partial charge in [-0.3, -0.25) is 4.79 Å². The molecule has 2 rings (SSSR count). The van der Waals surface area contributed by atoms with Crippen LogP contribution in [0.1, 0.15) is 26.2 Å². The number of benzene rings is 1. The van der Waals surface area contributed by atoms with Gasteiger partial charge in [-0.25, -0.2) is 0 Å². The van der Waals surface area contributed by atoms with Gasteiger partial charge in [0.1, 0.15) is 6.10 Å². The average Bonchev–Trinajstić information content (AvgIpc) is 2.56. The Kier molecular flexibility index (Phi) is 6.73. The van der Waals surface area contributed by atoms with Crippen LogP contribution in [0, 0.1) is 5.92 Å². The van der Waals surface area contributed by atoms with Crippen molar-refractivity contribution in [1.29, 1.82) is 0 Å². The average molecular weight is 336 g/mol. The molecule has 1 unspecified atom stereocenters. The van der Waals surface area contributed by atoms with E-state index in [1.165, 1.54) is 7.11 Å². The minimum atomic E-state index is -0.235. The van der Waals surface area contributed by atoms with Crippen LogP contribution in [0.2, 0.25) is 0 Å². The second kappa shape index (κ2) is 8.78. The zero-order chi connectivity index (χ0) is 17.5. The molecule has 0 spiro atoms. The number of piperidine rings is 1. The summed E-state index contributed by atoms with van der Waals surface area (Å²) in [6.45, 7) is 4.42. The van der Waals surface area contributed by atoms with E-state index in [1.54, 1.807) is 6.07 Å². The lowest BCUT2D eigenvalue weighted by Gasteiger charge is -2.30. The predicted molar refractivity (Wildman–Crippen MR) is 93.3 cm³/mol. The van der Waals surface area contributed by atoms with Crippen LogP contribution in [0.15, 0.2) is 18.2 Å². The predicted octanol–water partition coefficient (Wildman–Crippen LogP) is 2.32. The summed E-state index contributed by atoms with van der Waals surface area (Å²) in [4.78, 5) is 13.6. The van der Waals surface area contributed by atoms with E-state index in [0.29, 0.717) is 30.2 Å². The lowest BCUT2D eigenvalue weighted by Crippen LogP contribution is -2.35. The Morgan fingerprint density at radius 1 is 1.33 bits per heavy atom. The summed E-state index contributed by atoms with van der Waals surface area (Å²) in [5.41, 5.74) is 6.50. The van der Waals surface area contributed by atoms with E-state index < -0.39 is 0 Å². The van der Waals surface area contributed by atoms with Crippen LogP contribution < -0.4 is 15.2 Å². The quantitative estimate of drug-likeness (QED) is 0.608. The standard InChI is InChI=1S/C18H28N2O4/c1-13(10-18(21)22-3)12-23-17-11-14(19)4-5-16(17)24-15-6-8-20(2)9-7-15/h4-5,11,13,15H,6-10,12,19H2,1-3H3. The molecule has 2 N–H and O–H groups in total. The SMILES string of the molecule is COC(=O)CC(C)COc1cc(N)ccc1OC1CCN(C)CC1. The van der Waals surface area contributed by atoms with Crippen LogP contribution >= 0.6 is 0 Å². The van der Waals surface area contributed by atoms with Crippen LogP contribution in [-0.4, -0.2) is 50.8 Å². The fourth-order valence-electron chi connectivity index (χ4n) is 2.68. The van der Waals surface area contributed by atoms with Crippen molar-refractivity contribution in [2.45, 2.75) is 32.3 Å². The number of rotatable bonds is 7. The molecule has 0 aromatic heterocycles. The van der Waals surface area contributed by atoms with Crippen molar-refractivity contribution in [3.63, 3.8) is 0 Å². The van der Waals surface area contributed by atoms with E-state index in [-0.39, 0.29) is 18.0 Å². The van der Waals surface area contributed by atoms with Crippen molar-refractivity contribution in [3.05, 3.63) is 18.2 Å². The van der Waals surface area contributed by atoms with Gasteiger partial charge in [0.25, 0.3) is 0 Å². The molecule has 1 atom stereocenters. The van der Waals surface area contributed by atoms with Crippen molar-refractivity contribution >= 4 is 11.7 Å². The molecule has 1 aromatic rings. The van der Waals surface area contributed by atoms with E-state index >= 15 is 0 Å². The van der Waals surface area contributed by atoms with Gasteiger partial charge in [-0.05, 0) is 32.0 Å². The van der Waals surface area contributed by atoms with Gasteiger partial charge in [-0.15, -0.1) is 0 Å². The molecule has 1 aliphatic rings. The van der Waals surface area contributed by atoms with E-state index in [1.807, 2.05) is 19.1 Å². The van der Waals surface area contributed by atoms with Gasteiger partial charge in [0.2, 0.25) is 0 Å². The van der Waals surface area contributed by atoms with Gasteiger partial charge in [0, 0.05) is 30.8 Å². The fourth-order valence-corrected chi connectivity index (χ4v) is 2.68. The lowest BCUT2D eigenvalue weighted by atomic mass is 10.1. The van der Waals surface area contributed by atoms with Crippen LogP contribution in [0.3, 0.4) is 0 Å². The molecule has 24 heavy (non-hydrogen) atoms. The van der Waals surface area contributed by atoms with Gasteiger partial charge in [0.15, 0.2) is 11.5 Å². The number of carbonyl (C=O) groups is 1. The van der Waals surface area contributed by atoms with Crippen molar-refractivity contribution < 1.29 is 19.0 Å². The highest BCUT2D eigenvalue weighted by Crippen LogP contribution is 2.32. The van der Waals surface area contributed by atoms with E-state index in [4.69, 9.17) is 15.2 Å². The van der Waals surface area contributed by atoms with E-state index in [0.717, 1.165) is 25.9 Å². The van der Waals surface area contributed by atoms with Crippen molar-refractivity contribution in [2.24, 2.45) is 5.92 Å². The molecular formula is C18H28N2O4. The Morgan fingerprint density at radius 3 is 2.71 bits per heavy atom. The third-order valence-corrected chi connectivity index (χ3v) is 4.19. The topological polar surface area (TPSA) is 74.0 Å². The lowest BCUT2D eigenvalue weighted by molar-refractivity contribution is -0.141. The van der Waals surface area contributed by atoms with Gasteiger partial charge < -0.3 is 24.8 Å². The van der Waals surface area contributed by atoms with E-state index in [9.17, 15) is 4.79 Å². The summed E-state index contributed by atoms with van der Waals surface area (Å²) < 4.78 is 16.7. The Morgan fingerprint density at radius 2 is 2.04 bits per heavy atom. The van der Waals surface area contributed by atoms with Crippen LogP contribution in [0.25, 0.3) is 0 Å². The molecule has 1 heterocycles. The molecule has 0 saturated carbocycles. The number of hydrogen-bond donors (Lipinski definition) is 1. The Bertz CT molecular complexity index is 542. The van der Waals surface area contributed by atoms with Crippen molar-refractivity contribution in [3.8, 4) is 11.5 Å². The van der Waals surface area contributed by atoms with Crippen molar-refractivity contribution in [1.82, 2.24) is 4.90 Å². The maximum atomic E-state index is 11.3. The third-order valence-electron chi connectivity index (χ3n) is 4.19. The molecule has 0 radical (unpaired) electrons. The van der Waals surface area contributed by atoms with Crippen molar-refractivity contribution in [2.75, 3.05) is 39.6 Å². The number of methoxy groups -OCH3 is 1. The van der Waals surface area contributed by atoms with Gasteiger partial charge in [0.05, 0.1) is 20.1 Å². The second-order valence-electron chi connectivity index (χ2n) is 6.52. The second-order valence-corrected chi connectivity index (χ2v) is 6.52. The van der Waals surface area contributed by atoms with Gasteiger partial charge in [-0.2, -0.15) is 0 Å². The maximum Gasteiger partial charge on any atom is 0.305 e. The molecule has 1 aliphatic heterocycles. The normalized spacial score (nSPS) is 17.3. The first-order valence-corrected chi connectivity index (χ1v) is 8.42. The molecule has 134 valence electrons. The minimum absolute atomic E-state index is 0.0510. The summed E-state index contributed by atoms with van der Waals surface area (Å²) in [7, 11) is 3.51. The largest absolute Gasteiger partial charge is 0.489 e. The number of nitrogens with zero attached hydrogens (tertiary/aromatic N) is 1. The number of likely N-dealkylation sites (tertiary alicyclic amines) is 1. The fraction of sp³-hybridized carbons (Fsp3) is 0.611. The van der Waals surface area contributed by atoms with Gasteiger partial charge in [-0.1, -0.05) is 6.92 Å². The zero-order valence-electron chi connectivity index (χ0n) is 14.8. The highest BCUT2D eigenvalue weighted by Gasteiger charge is 2.20. The number of hydrogen-bond acceptors (Lipinski definition) is 6. The van der Waals surface area contributed by atoms with Crippen LogP contribution in [0.5, 0.6) is 11.5 Å². The molecule has 1 saturated heterocycles. The molecule has 1 aromatic carbocycles. The zero-order valence-corrected chi connectivity index (χ0v) is 14.8. The number of nitrogens with two attached hydrogens (primary N) is 1. The highest BCUT2D eigenvalue weighted by molar-refractivity contribution is 5.69. The molecule has 0 aliphatic carbocycles. The summed E-state index contributed by atoms with van der Waals surface area (Å²) in [5, 5.41) is 0. The third kappa shape index (κ3) is 5.60. The Labute approximate surface area is 143 Å². The first-order valence-electron chi connectivity index (χ1n) is 8.42. The molecular weight excluding hydrogens is 308 g/mol. The summed E-state index contributed by atoms with van der Waals surface area (Å²) in [6.07, 6.45) is 2.52. The van der Waals surface area contributed by atoms with Gasteiger partial charge >= 0.3 is 5.97 Å². The number of carbonyl (C=O) groups excluding carboxylic acids is 1. The Balaban J connectivity index is 1.95. The summed E-state index contributed by atoms with van der Waals surface area (Å²) >= 11 is 0. The smallest absolute Gasteiger partial charge is 0.305 e. The van der Waals surface area contributed by atoms with Crippen LogP contribution in [0.4, 0.5) is 5.69 Å². The minimum Gasteiger partial charge on any atom is -0.489 e. The first kappa shape index (κ1) is 18.4. The molecule has 0 amide bonds. The van der Waals surface area contributed by atoms with E-state index in [2.05, 4.69) is 16.7 Å². The number of esters is 1. The Hall–Kier alpha value is -1.95. The number of anilines is 1. The summed E-state index contributed by atoms with van der Waals surface area (Å²) in [6, 6.07) is 5.44. The number of nitrogen functional groups attached to an aromatic ring is 1. The summed E-state index contributed by atoms with van der Waals surface area (Å²) in [5.74, 6) is 1.16.